The fourth-order valence-electron chi connectivity index (χ4n) is 4.64. The van der Waals surface area contributed by atoms with Crippen molar-refractivity contribution in [1.82, 2.24) is 19.3 Å². The van der Waals surface area contributed by atoms with Crippen LogP contribution in [0.1, 0.15) is 36.8 Å². The van der Waals surface area contributed by atoms with Gasteiger partial charge in [-0.05, 0) is 45.4 Å². The Morgan fingerprint density at radius 1 is 1.10 bits per heavy atom. The van der Waals surface area contributed by atoms with Crippen LogP contribution in [-0.2, 0) is 16.7 Å². The van der Waals surface area contributed by atoms with Crippen molar-refractivity contribution < 1.29 is 9.13 Å². The average Bonchev–Trinajstić information content (AvgIpc) is 3.30. The third kappa shape index (κ3) is 2.87. The molecule has 3 heterocycles. The van der Waals surface area contributed by atoms with Gasteiger partial charge in [0, 0.05) is 30.7 Å². The Bertz CT molecular complexity index is 1320. The van der Waals surface area contributed by atoms with Crippen molar-refractivity contribution >= 4 is 16.6 Å². The predicted molar refractivity (Wildman–Crippen MR) is 120 cm³/mol. The molecule has 5 rings (SSSR count). The number of hydrogen-bond donors (Lipinski definition) is 1. The van der Waals surface area contributed by atoms with Crippen LogP contribution in [0.4, 0.5) is 10.1 Å². The van der Waals surface area contributed by atoms with Crippen LogP contribution in [0.3, 0.4) is 0 Å². The minimum Gasteiger partial charge on any atom is -0.384 e. The fourth-order valence-corrected chi connectivity index (χ4v) is 4.64. The Hall–Kier alpha value is -3.19. The first kappa shape index (κ1) is 19.8. The van der Waals surface area contributed by atoms with Crippen LogP contribution >= 0.6 is 0 Å². The van der Waals surface area contributed by atoms with E-state index in [1.54, 1.807) is 13.2 Å². The molecule has 7 heteroatoms. The third-order valence-corrected chi connectivity index (χ3v) is 6.11. The van der Waals surface area contributed by atoms with Gasteiger partial charge in [0.05, 0.1) is 34.7 Å². The van der Waals surface area contributed by atoms with Crippen LogP contribution in [0.2, 0.25) is 0 Å². The van der Waals surface area contributed by atoms with Crippen molar-refractivity contribution in [2.45, 2.75) is 39.7 Å². The monoisotopic (exact) mass is 419 g/mol. The Morgan fingerprint density at radius 3 is 2.65 bits per heavy atom. The van der Waals surface area contributed by atoms with E-state index < -0.39 is 5.54 Å². The predicted octanol–water partition coefficient (Wildman–Crippen LogP) is 4.82. The highest BCUT2D eigenvalue weighted by Crippen LogP contribution is 2.42. The summed E-state index contributed by atoms with van der Waals surface area (Å²) in [7, 11) is 1.70. The highest BCUT2D eigenvalue weighted by atomic mass is 19.1. The molecule has 0 radical (unpaired) electrons. The van der Waals surface area contributed by atoms with E-state index in [2.05, 4.69) is 38.3 Å². The average molecular weight is 420 g/mol. The number of hydrogen-bond acceptors (Lipinski definition) is 4. The summed E-state index contributed by atoms with van der Waals surface area (Å²) in [4.78, 5) is 0. The maximum absolute atomic E-state index is 15.6. The molecule has 0 unspecified atom stereocenters. The Morgan fingerprint density at radius 2 is 1.87 bits per heavy atom. The molecule has 31 heavy (non-hydrogen) atoms. The molecule has 0 aliphatic carbocycles. The number of rotatable bonds is 4. The van der Waals surface area contributed by atoms with E-state index in [0.717, 1.165) is 51.6 Å². The first-order valence-electron chi connectivity index (χ1n) is 10.5. The summed E-state index contributed by atoms with van der Waals surface area (Å²) in [5, 5.41) is 13.1. The van der Waals surface area contributed by atoms with Crippen molar-refractivity contribution in [3.8, 4) is 11.4 Å². The summed E-state index contributed by atoms with van der Waals surface area (Å²) in [6, 6.07) is 12.0. The van der Waals surface area contributed by atoms with Gasteiger partial charge in [-0.25, -0.2) is 4.39 Å². The van der Waals surface area contributed by atoms with Gasteiger partial charge in [-0.15, -0.1) is 10.2 Å². The number of para-hydroxylation sites is 1. The molecule has 0 fully saturated rings. The van der Waals surface area contributed by atoms with Gasteiger partial charge in [-0.1, -0.05) is 18.2 Å². The van der Waals surface area contributed by atoms with Crippen LogP contribution < -0.4 is 5.32 Å². The number of nitrogens with one attached hydrogen (secondary N) is 1. The SMILES string of the molecule is COCCc1cc2ccccc2n1-c1cc(F)c2c(c1C)-n1c(C)nnc1C(C)(C)N2. The van der Waals surface area contributed by atoms with E-state index in [0.29, 0.717) is 12.3 Å². The molecule has 2 aromatic carbocycles. The van der Waals surface area contributed by atoms with Gasteiger partial charge in [-0.2, -0.15) is 0 Å². The van der Waals surface area contributed by atoms with Crippen LogP contribution in [0, 0.1) is 19.7 Å². The summed E-state index contributed by atoms with van der Waals surface area (Å²) in [5.74, 6) is 1.22. The summed E-state index contributed by atoms with van der Waals surface area (Å²) in [6.07, 6.45) is 0.728. The molecule has 1 aliphatic rings. The lowest BCUT2D eigenvalue weighted by Crippen LogP contribution is -2.37. The molecule has 0 saturated carbocycles. The molecule has 0 atom stereocenters. The quantitative estimate of drug-likeness (QED) is 0.515. The van der Waals surface area contributed by atoms with E-state index in [4.69, 9.17) is 4.74 Å². The lowest BCUT2D eigenvalue weighted by Gasteiger charge is -2.35. The molecular formula is C24H26FN5O. The highest BCUT2D eigenvalue weighted by molar-refractivity contribution is 5.85. The molecule has 0 spiro atoms. The zero-order valence-corrected chi connectivity index (χ0v) is 18.5. The number of fused-ring (bicyclic) bond motifs is 4. The second-order valence-electron chi connectivity index (χ2n) is 8.66. The molecule has 0 saturated heterocycles. The number of halogens is 1. The van der Waals surface area contributed by atoms with E-state index in [1.807, 2.05) is 44.4 Å². The largest absolute Gasteiger partial charge is 0.384 e. The van der Waals surface area contributed by atoms with Crippen molar-refractivity contribution in [3.05, 3.63) is 65.1 Å². The number of aromatic nitrogens is 4. The van der Waals surface area contributed by atoms with Crippen molar-refractivity contribution in [3.63, 3.8) is 0 Å². The number of aryl methyl sites for hydroxylation is 1. The van der Waals surface area contributed by atoms with Gasteiger partial charge in [0.2, 0.25) is 0 Å². The Labute approximate surface area is 180 Å². The van der Waals surface area contributed by atoms with E-state index >= 15 is 4.39 Å². The van der Waals surface area contributed by atoms with E-state index in [-0.39, 0.29) is 5.82 Å². The molecule has 4 aromatic rings. The molecule has 1 N–H and O–H groups in total. The minimum absolute atomic E-state index is 0.294. The summed E-state index contributed by atoms with van der Waals surface area (Å²) in [5.41, 5.74) is 4.61. The van der Waals surface area contributed by atoms with Gasteiger partial charge in [-0.3, -0.25) is 4.57 Å². The maximum atomic E-state index is 15.6. The number of ether oxygens (including phenoxy) is 1. The van der Waals surface area contributed by atoms with Crippen LogP contribution in [0.25, 0.3) is 22.3 Å². The van der Waals surface area contributed by atoms with Crippen molar-refractivity contribution in [2.75, 3.05) is 19.0 Å². The Kier molecular flexibility index (Phi) is 4.41. The third-order valence-electron chi connectivity index (χ3n) is 6.11. The zero-order chi connectivity index (χ0) is 21.9. The van der Waals surface area contributed by atoms with E-state index in [9.17, 15) is 0 Å². The molecule has 2 aromatic heterocycles. The molecule has 0 bridgehead atoms. The number of anilines is 1. The van der Waals surface area contributed by atoms with Gasteiger partial charge >= 0.3 is 0 Å². The van der Waals surface area contributed by atoms with E-state index in [1.165, 1.54) is 0 Å². The zero-order valence-electron chi connectivity index (χ0n) is 18.5. The lowest BCUT2D eigenvalue weighted by molar-refractivity contribution is 0.201. The molecule has 1 aliphatic heterocycles. The van der Waals surface area contributed by atoms with Crippen LogP contribution in [0.15, 0.2) is 36.4 Å². The maximum Gasteiger partial charge on any atom is 0.162 e. The molecule has 6 nitrogen and oxygen atoms in total. The molecule has 0 amide bonds. The van der Waals surface area contributed by atoms with Crippen molar-refractivity contribution in [1.29, 1.82) is 0 Å². The van der Waals surface area contributed by atoms with Crippen LogP contribution in [-0.4, -0.2) is 33.0 Å². The van der Waals surface area contributed by atoms with Gasteiger partial charge < -0.3 is 14.6 Å². The summed E-state index contributed by atoms with van der Waals surface area (Å²) < 4.78 is 25.1. The Balaban J connectivity index is 1.82. The number of benzene rings is 2. The first-order valence-corrected chi connectivity index (χ1v) is 10.5. The normalized spacial score (nSPS) is 14.4. The van der Waals surface area contributed by atoms with Gasteiger partial charge in [0.1, 0.15) is 5.82 Å². The smallest absolute Gasteiger partial charge is 0.162 e. The second kappa shape index (κ2) is 6.92. The van der Waals surface area contributed by atoms with Gasteiger partial charge in [0.15, 0.2) is 11.6 Å². The minimum atomic E-state index is -0.535. The standard InChI is InChI=1S/C24H26FN5O/c1-14-20(30-17(10-11-31-5)12-16-8-6-7-9-19(16)30)13-18(25)21-22(14)29-15(2)27-28-23(29)24(3,4)26-21/h6-9,12-13,26H,10-11H2,1-5H3. The fraction of sp³-hybridized carbons (Fsp3) is 0.333. The first-order chi connectivity index (χ1) is 14.8. The summed E-state index contributed by atoms with van der Waals surface area (Å²) >= 11 is 0. The van der Waals surface area contributed by atoms with Gasteiger partial charge in [0.25, 0.3) is 0 Å². The number of methoxy groups -OCH3 is 1. The molecular weight excluding hydrogens is 393 g/mol. The van der Waals surface area contributed by atoms with Crippen molar-refractivity contribution in [2.24, 2.45) is 0 Å². The lowest BCUT2D eigenvalue weighted by atomic mass is 9.97. The highest BCUT2D eigenvalue weighted by Gasteiger charge is 2.37. The second-order valence-corrected chi connectivity index (χ2v) is 8.66. The topological polar surface area (TPSA) is 56.9 Å². The number of nitrogens with zero attached hydrogens (tertiary/aromatic N) is 4. The molecule has 160 valence electrons. The van der Waals surface area contributed by atoms with Crippen LogP contribution in [0.5, 0.6) is 0 Å². The summed E-state index contributed by atoms with van der Waals surface area (Å²) in [6.45, 7) is 8.50.